The van der Waals surface area contributed by atoms with Gasteiger partial charge >= 0.3 is 5.97 Å². The van der Waals surface area contributed by atoms with Gasteiger partial charge in [-0.2, -0.15) is 0 Å². The van der Waals surface area contributed by atoms with E-state index < -0.39 is 11.3 Å². The summed E-state index contributed by atoms with van der Waals surface area (Å²) in [4.78, 5) is 11.0. The molecule has 0 N–H and O–H groups in total. The van der Waals surface area contributed by atoms with E-state index in [4.69, 9.17) is 21.1 Å². The van der Waals surface area contributed by atoms with E-state index >= 15 is 0 Å². The molecular weight excluding hydrogens is 192 g/mol. The zero-order chi connectivity index (χ0) is 9.42. The van der Waals surface area contributed by atoms with Crippen molar-refractivity contribution in [3.8, 4) is 11.5 Å². The first-order valence-electron chi connectivity index (χ1n) is 3.76. The molecule has 4 heteroatoms. The van der Waals surface area contributed by atoms with Gasteiger partial charge in [0.1, 0.15) is 11.5 Å². The molecule has 1 aliphatic heterocycles. The van der Waals surface area contributed by atoms with Crippen molar-refractivity contribution in [2.45, 2.75) is 5.38 Å². The highest BCUT2D eigenvalue weighted by Gasteiger charge is 2.31. The van der Waals surface area contributed by atoms with Crippen molar-refractivity contribution in [2.24, 2.45) is 0 Å². The second-order valence-corrected chi connectivity index (χ2v) is 3.12. The summed E-state index contributed by atoms with van der Waals surface area (Å²) in [6, 6.07) is 5.10. The number of methoxy groups -OCH3 is 1. The zero-order valence-electron chi connectivity index (χ0n) is 6.91. The molecule has 1 atom stereocenters. The molecule has 68 valence electrons. The molecule has 1 aliphatic rings. The largest absolute Gasteiger partial charge is 0.497 e. The third-order valence-corrected chi connectivity index (χ3v) is 2.32. The van der Waals surface area contributed by atoms with Gasteiger partial charge in [-0.1, -0.05) is 0 Å². The van der Waals surface area contributed by atoms with Crippen LogP contribution in [0.25, 0.3) is 0 Å². The molecule has 0 aliphatic carbocycles. The van der Waals surface area contributed by atoms with Crippen molar-refractivity contribution >= 4 is 17.6 Å². The predicted molar refractivity (Wildman–Crippen MR) is 47.2 cm³/mol. The molecule has 1 aromatic rings. The van der Waals surface area contributed by atoms with E-state index in [0.717, 1.165) is 0 Å². The number of benzene rings is 1. The van der Waals surface area contributed by atoms with Crippen LogP contribution in [0.5, 0.6) is 11.5 Å². The molecule has 0 saturated carbocycles. The lowest BCUT2D eigenvalue weighted by atomic mass is 10.1. The Morgan fingerprint density at radius 1 is 1.54 bits per heavy atom. The summed E-state index contributed by atoms with van der Waals surface area (Å²) >= 11 is 5.79. The van der Waals surface area contributed by atoms with E-state index in [1.165, 1.54) is 0 Å². The second-order valence-electron chi connectivity index (χ2n) is 2.69. The minimum Gasteiger partial charge on any atom is -0.497 e. The number of carbonyl (C=O) groups excluding carboxylic acids is 1. The minimum atomic E-state index is -0.704. The van der Waals surface area contributed by atoms with Gasteiger partial charge in [-0.3, -0.25) is 0 Å². The van der Waals surface area contributed by atoms with Crippen molar-refractivity contribution in [3.05, 3.63) is 23.8 Å². The van der Waals surface area contributed by atoms with Gasteiger partial charge in [-0.15, -0.1) is 11.6 Å². The van der Waals surface area contributed by atoms with E-state index in [1.807, 2.05) is 0 Å². The lowest BCUT2D eigenvalue weighted by Gasteiger charge is -2.01. The second kappa shape index (κ2) is 2.92. The van der Waals surface area contributed by atoms with Crippen molar-refractivity contribution in [2.75, 3.05) is 7.11 Å². The summed E-state index contributed by atoms with van der Waals surface area (Å²) in [5.74, 6) is 0.762. The highest BCUT2D eigenvalue weighted by Crippen LogP contribution is 2.39. The average molecular weight is 199 g/mol. The monoisotopic (exact) mass is 198 g/mol. The molecule has 13 heavy (non-hydrogen) atoms. The molecule has 0 unspecified atom stereocenters. The van der Waals surface area contributed by atoms with Crippen LogP contribution in [-0.4, -0.2) is 13.1 Å². The predicted octanol–water partition coefficient (Wildman–Crippen LogP) is 1.89. The van der Waals surface area contributed by atoms with Gasteiger partial charge in [0.25, 0.3) is 0 Å². The summed E-state index contributed by atoms with van der Waals surface area (Å²) in [5, 5.41) is -0.704. The van der Waals surface area contributed by atoms with Crippen LogP contribution in [0, 0.1) is 0 Å². The molecule has 1 aromatic carbocycles. The topological polar surface area (TPSA) is 35.5 Å². The fraction of sp³-hybridized carbons (Fsp3) is 0.222. The van der Waals surface area contributed by atoms with Gasteiger partial charge in [0, 0.05) is 5.56 Å². The summed E-state index contributed by atoms with van der Waals surface area (Å²) < 4.78 is 9.89. The molecule has 0 saturated heterocycles. The average Bonchev–Trinajstić information content (AvgIpc) is 2.43. The fourth-order valence-corrected chi connectivity index (χ4v) is 1.45. The highest BCUT2D eigenvalue weighted by atomic mass is 35.5. The number of hydrogen-bond donors (Lipinski definition) is 0. The van der Waals surface area contributed by atoms with Gasteiger partial charge < -0.3 is 9.47 Å². The number of rotatable bonds is 1. The molecule has 1 heterocycles. The summed E-state index contributed by atoms with van der Waals surface area (Å²) in [5.41, 5.74) is 0.672. The van der Waals surface area contributed by atoms with Crippen LogP contribution in [0.4, 0.5) is 0 Å². The van der Waals surface area contributed by atoms with E-state index in [9.17, 15) is 4.79 Å². The Labute approximate surface area is 80.2 Å². The highest BCUT2D eigenvalue weighted by molar-refractivity contribution is 6.31. The molecule has 0 fully saturated rings. The smallest absolute Gasteiger partial charge is 0.334 e. The van der Waals surface area contributed by atoms with E-state index in [-0.39, 0.29) is 0 Å². The maximum atomic E-state index is 11.0. The normalized spacial score (nSPS) is 19.5. The van der Waals surface area contributed by atoms with Crippen molar-refractivity contribution < 1.29 is 14.3 Å². The molecule has 0 aromatic heterocycles. The lowest BCUT2D eigenvalue weighted by Crippen LogP contribution is -2.03. The van der Waals surface area contributed by atoms with Crippen LogP contribution in [0.15, 0.2) is 18.2 Å². The number of alkyl halides is 1. The van der Waals surface area contributed by atoms with Gasteiger partial charge in [-0.05, 0) is 18.2 Å². The quantitative estimate of drug-likeness (QED) is 0.393. The summed E-state index contributed by atoms with van der Waals surface area (Å²) in [7, 11) is 1.56. The molecule has 0 radical (unpaired) electrons. The Morgan fingerprint density at radius 2 is 2.31 bits per heavy atom. The molecule has 3 nitrogen and oxygen atoms in total. The first kappa shape index (κ1) is 8.38. The summed E-state index contributed by atoms with van der Waals surface area (Å²) in [6.07, 6.45) is 0. The van der Waals surface area contributed by atoms with Crippen molar-refractivity contribution in [1.29, 1.82) is 0 Å². The number of hydrogen-bond acceptors (Lipinski definition) is 3. The molecular formula is C9H7ClO3. The van der Waals surface area contributed by atoms with E-state index in [1.54, 1.807) is 25.3 Å². The van der Waals surface area contributed by atoms with Gasteiger partial charge in [-0.25, -0.2) is 4.79 Å². The maximum absolute atomic E-state index is 11.0. The van der Waals surface area contributed by atoms with Crippen LogP contribution in [-0.2, 0) is 4.79 Å². The van der Waals surface area contributed by atoms with Crippen molar-refractivity contribution in [3.63, 3.8) is 0 Å². The first-order valence-corrected chi connectivity index (χ1v) is 4.19. The van der Waals surface area contributed by atoms with E-state index in [0.29, 0.717) is 17.1 Å². The first-order chi connectivity index (χ1) is 6.22. The van der Waals surface area contributed by atoms with E-state index in [2.05, 4.69) is 0 Å². The zero-order valence-corrected chi connectivity index (χ0v) is 7.67. The van der Waals surface area contributed by atoms with Gasteiger partial charge in [0.05, 0.1) is 7.11 Å². The van der Waals surface area contributed by atoms with Gasteiger partial charge in [0.2, 0.25) is 0 Å². The Balaban J connectivity index is 2.47. The van der Waals surface area contributed by atoms with Crippen LogP contribution < -0.4 is 9.47 Å². The maximum Gasteiger partial charge on any atom is 0.334 e. The Hall–Kier alpha value is -1.22. The molecule has 0 spiro atoms. The Bertz CT molecular complexity index is 362. The number of halogens is 1. The van der Waals surface area contributed by atoms with Crippen LogP contribution >= 0.6 is 11.6 Å². The summed E-state index contributed by atoms with van der Waals surface area (Å²) in [6.45, 7) is 0. The minimum absolute atomic E-state index is 0.426. The van der Waals surface area contributed by atoms with Gasteiger partial charge in [0.15, 0.2) is 5.38 Å². The number of fused-ring (bicyclic) bond motifs is 1. The van der Waals surface area contributed by atoms with Crippen LogP contribution in [0.1, 0.15) is 10.9 Å². The molecule has 0 bridgehead atoms. The molecule has 0 amide bonds. The molecule has 2 rings (SSSR count). The third kappa shape index (κ3) is 1.25. The lowest BCUT2D eigenvalue weighted by molar-refractivity contribution is -0.132. The Kier molecular flexibility index (Phi) is 1.88. The van der Waals surface area contributed by atoms with Crippen LogP contribution in [0.2, 0.25) is 0 Å². The standard InChI is InChI=1S/C9H7ClO3/c1-12-5-2-3-7-6(4-5)8(10)9(11)13-7/h2-4,8H,1H3/t8-/m0/s1. The number of esters is 1. The Morgan fingerprint density at radius 3 is 3.00 bits per heavy atom. The SMILES string of the molecule is COc1ccc2c(c1)[C@H](Cl)C(=O)O2. The number of ether oxygens (including phenoxy) is 2. The fourth-order valence-electron chi connectivity index (χ4n) is 1.23. The third-order valence-electron chi connectivity index (χ3n) is 1.91. The van der Waals surface area contributed by atoms with Crippen LogP contribution in [0.3, 0.4) is 0 Å². The number of carbonyl (C=O) groups is 1. The van der Waals surface area contributed by atoms with Crippen molar-refractivity contribution in [1.82, 2.24) is 0 Å².